The van der Waals surface area contributed by atoms with Crippen LogP contribution in [0, 0.1) is 13.8 Å². The first-order chi connectivity index (χ1) is 12.0. The summed E-state index contributed by atoms with van der Waals surface area (Å²) in [4.78, 5) is 27.1. The Kier molecular flexibility index (Phi) is 6.22. The van der Waals surface area contributed by atoms with Crippen LogP contribution in [0.3, 0.4) is 0 Å². The van der Waals surface area contributed by atoms with Gasteiger partial charge in [0.1, 0.15) is 11.4 Å². The van der Waals surface area contributed by atoms with Crippen molar-refractivity contribution in [2.45, 2.75) is 33.2 Å². The number of aryl methyl sites for hydroxylation is 2. The molecule has 134 valence electrons. The lowest BCUT2D eigenvalue weighted by molar-refractivity contribution is -0.122. The van der Waals surface area contributed by atoms with Gasteiger partial charge in [0, 0.05) is 18.3 Å². The summed E-state index contributed by atoms with van der Waals surface area (Å²) in [5, 5.41) is 5.57. The van der Waals surface area contributed by atoms with E-state index in [0.717, 1.165) is 16.8 Å². The maximum Gasteiger partial charge on any atom is 0.268 e. The number of aromatic nitrogens is 1. The molecule has 0 bridgehead atoms. The largest absolute Gasteiger partial charge is 0.483 e. The number of para-hydroxylation sites is 1. The molecule has 1 aromatic heterocycles. The van der Waals surface area contributed by atoms with Crippen molar-refractivity contribution in [3.8, 4) is 5.75 Å². The van der Waals surface area contributed by atoms with Gasteiger partial charge < -0.3 is 20.4 Å². The fourth-order valence-corrected chi connectivity index (χ4v) is 2.71. The molecule has 0 unspecified atom stereocenters. The number of likely N-dealkylation sites (N-methyl/N-ethyl adjacent to an activating group) is 1. The lowest BCUT2D eigenvalue weighted by Gasteiger charge is -2.20. The van der Waals surface area contributed by atoms with Crippen molar-refractivity contribution in [1.82, 2.24) is 15.6 Å². The second kappa shape index (κ2) is 8.37. The van der Waals surface area contributed by atoms with Gasteiger partial charge in [-0.3, -0.25) is 9.59 Å². The number of amides is 2. The maximum absolute atomic E-state index is 12.6. The molecule has 0 fully saturated rings. The van der Waals surface area contributed by atoms with Crippen LogP contribution >= 0.6 is 0 Å². The predicted molar refractivity (Wildman–Crippen MR) is 96.8 cm³/mol. The van der Waals surface area contributed by atoms with Gasteiger partial charge in [0.15, 0.2) is 6.61 Å². The summed E-state index contributed by atoms with van der Waals surface area (Å²) < 4.78 is 5.62. The number of hydrogen-bond donors (Lipinski definition) is 3. The van der Waals surface area contributed by atoms with Crippen molar-refractivity contribution in [3.05, 3.63) is 52.8 Å². The van der Waals surface area contributed by atoms with E-state index in [1.54, 1.807) is 13.1 Å². The first kappa shape index (κ1) is 18.6. The normalized spacial score (nSPS) is 11.7. The standard InChI is InChI=1S/C19H25N3O3/c1-5-15(22-19(24)18-12(2)10-13(3)21-18)14-8-6-7-9-16(14)25-11-17(23)20-4/h6-10,15,21H,5,11H2,1-4H3,(H,20,23)(H,22,24)/t15-/m0/s1. The zero-order chi connectivity index (χ0) is 18.4. The number of ether oxygens (including phenoxy) is 1. The summed E-state index contributed by atoms with van der Waals surface area (Å²) in [6.45, 7) is 5.75. The van der Waals surface area contributed by atoms with Crippen LogP contribution in [0.2, 0.25) is 0 Å². The molecule has 25 heavy (non-hydrogen) atoms. The second-order valence-electron chi connectivity index (χ2n) is 5.94. The van der Waals surface area contributed by atoms with E-state index in [4.69, 9.17) is 4.74 Å². The maximum atomic E-state index is 12.6. The minimum atomic E-state index is -0.212. The molecular formula is C19H25N3O3. The number of carbonyl (C=O) groups excluding carboxylic acids is 2. The number of rotatable bonds is 7. The molecule has 6 nitrogen and oxygen atoms in total. The van der Waals surface area contributed by atoms with Crippen molar-refractivity contribution in [2.75, 3.05) is 13.7 Å². The fourth-order valence-electron chi connectivity index (χ4n) is 2.71. The Bertz CT molecular complexity index is 752. The van der Waals surface area contributed by atoms with Gasteiger partial charge in [-0.05, 0) is 38.0 Å². The Morgan fingerprint density at radius 2 is 1.96 bits per heavy atom. The third kappa shape index (κ3) is 4.62. The van der Waals surface area contributed by atoms with E-state index in [1.165, 1.54) is 0 Å². The molecule has 2 aromatic rings. The minimum Gasteiger partial charge on any atom is -0.483 e. The fraction of sp³-hybridized carbons (Fsp3) is 0.368. The summed E-state index contributed by atoms with van der Waals surface area (Å²) in [5.74, 6) is 0.237. The van der Waals surface area contributed by atoms with Crippen molar-refractivity contribution in [2.24, 2.45) is 0 Å². The van der Waals surface area contributed by atoms with Gasteiger partial charge in [-0.1, -0.05) is 25.1 Å². The van der Waals surface area contributed by atoms with Crippen molar-refractivity contribution in [1.29, 1.82) is 0 Å². The number of aromatic amines is 1. The molecule has 0 radical (unpaired) electrons. The van der Waals surface area contributed by atoms with Crippen molar-refractivity contribution < 1.29 is 14.3 Å². The van der Waals surface area contributed by atoms with Crippen molar-refractivity contribution >= 4 is 11.8 Å². The lowest BCUT2D eigenvalue weighted by atomic mass is 10.0. The van der Waals surface area contributed by atoms with Gasteiger partial charge in [-0.2, -0.15) is 0 Å². The molecule has 0 spiro atoms. The summed E-state index contributed by atoms with van der Waals surface area (Å²) in [7, 11) is 1.56. The Morgan fingerprint density at radius 3 is 2.56 bits per heavy atom. The average Bonchev–Trinajstić information content (AvgIpc) is 2.96. The van der Waals surface area contributed by atoms with Gasteiger partial charge >= 0.3 is 0 Å². The van der Waals surface area contributed by atoms with E-state index < -0.39 is 0 Å². The van der Waals surface area contributed by atoms with E-state index >= 15 is 0 Å². The van der Waals surface area contributed by atoms with Crippen LogP contribution in [0.25, 0.3) is 0 Å². The van der Waals surface area contributed by atoms with Gasteiger partial charge in [-0.25, -0.2) is 0 Å². The third-order valence-corrected chi connectivity index (χ3v) is 4.02. The SMILES string of the molecule is CC[C@H](NC(=O)c1[nH]c(C)cc1C)c1ccccc1OCC(=O)NC. The highest BCUT2D eigenvalue weighted by Crippen LogP contribution is 2.27. The molecule has 0 aliphatic rings. The third-order valence-electron chi connectivity index (χ3n) is 4.02. The number of nitrogens with one attached hydrogen (secondary N) is 3. The molecule has 1 heterocycles. The van der Waals surface area contributed by atoms with Crippen LogP contribution in [-0.4, -0.2) is 30.5 Å². The Labute approximate surface area is 148 Å². The first-order valence-electron chi connectivity index (χ1n) is 8.35. The number of hydrogen-bond acceptors (Lipinski definition) is 3. The summed E-state index contributed by atoms with van der Waals surface area (Å²) in [6.07, 6.45) is 0.699. The number of H-pyrrole nitrogens is 1. The lowest BCUT2D eigenvalue weighted by Crippen LogP contribution is -2.30. The van der Waals surface area contributed by atoms with E-state index in [-0.39, 0.29) is 24.5 Å². The van der Waals surface area contributed by atoms with Crippen LogP contribution in [0.15, 0.2) is 30.3 Å². The minimum absolute atomic E-state index is 0.0627. The highest BCUT2D eigenvalue weighted by Gasteiger charge is 2.20. The van der Waals surface area contributed by atoms with Crippen LogP contribution in [0.4, 0.5) is 0 Å². The van der Waals surface area contributed by atoms with Gasteiger partial charge in [0.05, 0.1) is 6.04 Å². The number of carbonyl (C=O) groups is 2. The summed E-state index contributed by atoms with van der Waals surface area (Å²) >= 11 is 0. The van der Waals surface area contributed by atoms with Crippen LogP contribution in [-0.2, 0) is 4.79 Å². The summed E-state index contributed by atoms with van der Waals surface area (Å²) in [6, 6.07) is 9.17. The highest BCUT2D eigenvalue weighted by molar-refractivity contribution is 5.94. The molecule has 0 saturated carbocycles. The molecule has 1 atom stereocenters. The molecular weight excluding hydrogens is 318 g/mol. The Balaban J connectivity index is 2.18. The van der Waals surface area contributed by atoms with Crippen LogP contribution in [0.5, 0.6) is 5.75 Å². The predicted octanol–water partition coefficient (Wildman–Crippen LogP) is 2.64. The monoisotopic (exact) mass is 343 g/mol. The Morgan fingerprint density at radius 1 is 1.24 bits per heavy atom. The Hall–Kier alpha value is -2.76. The zero-order valence-electron chi connectivity index (χ0n) is 15.1. The molecule has 1 aromatic carbocycles. The molecule has 0 saturated heterocycles. The molecule has 2 amide bonds. The van der Waals surface area contributed by atoms with Gasteiger partial charge in [0.25, 0.3) is 11.8 Å². The molecule has 6 heteroatoms. The molecule has 2 rings (SSSR count). The van der Waals surface area contributed by atoms with Crippen LogP contribution in [0.1, 0.15) is 46.7 Å². The zero-order valence-corrected chi connectivity index (χ0v) is 15.1. The molecule has 0 aliphatic carbocycles. The van der Waals surface area contributed by atoms with Gasteiger partial charge in [0.2, 0.25) is 0 Å². The molecule has 3 N–H and O–H groups in total. The van der Waals surface area contributed by atoms with Crippen LogP contribution < -0.4 is 15.4 Å². The highest BCUT2D eigenvalue weighted by atomic mass is 16.5. The average molecular weight is 343 g/mol. The molecule has 0 aliphatic heterocycles. The van der Waals surface area contributed by atoms with E-state index in [1.807, 2.05) is 45.0 Å². The number of benzene rings is 1. The quantitative estimate of drug-likeness (QED) is 0.723. The first-order valence-corrected chi connectivity index (χ1v) is 8.35. The van der Waals surface area contributed by atoms with Crippen molar-refractivity contribution in [3.63, 3.8) is 0 Å². The smallest absolute Gasteiger partial charge is 0.268 e. The van der Waals surface area contributed by atoms with E-state index in [0.29, 0.717) is 17.9 Å². The van der Waals surface area contributed by atoms with Gasteiger partial charge in [-0.15, -0.1) is 0 Å². The second-order valence-corrected chi connectivity index (χ2v) is 5.94. The van der Waals surface area contributed by atoms with E-state index in [2.05, 4.69) is 15.6 Å². The summed E-state index contributed by atoms with van der Waals surface area (Å²) in [5.41, 5.74) is 3.28. The topological polar surface area (TPSA) is 83.2 Å². The van der Waals surface area contributed by atoms with E-state index in [9.17, 15) is 9.59 Å².